The first-order valence-electron chi connectivity index (χ1n) is 4.75. The highest BCUT2D eigenvalue weighted by atomic mass is 16.5. The van der Waals surface area contributed by atoms with Gasteiger partial charge in [-0.3, -0.25) is 4.79 Å². The summed E-state index contributed by atoms with van der Waals surface area (Å²) in [5.41, 5.74) is 1.31. The Morgan fingerprint density at radius 3 is 2.88 bits per heavy atom. The lowest BCUT2D eigenvalue weighted by atomic mass is 10.2. The molecule has 0 spiro atoms. The van der Waals surface area contributed by atoms with Crippen LogP contribution in [0.25, 0.3) is 0 Å². The minimum atomic E-state index is -0.333. The molecule has 0 aliphatic carbocycles. The van der Waals surface area contributed by atoms with E-state index < -0.39 is 0 Å². The lowest BCUT2D eigenvalue weighted by molar-refractivity contribution is -0.105. The van der Waals surface area contributed by atoms with Gasteiger partial charge in [0.05, 0.1) is 18.9 Å². The number of amides is 1. The lowest BCUT2D eigenvalue weighted by Gasteiger charge is -2.13. The number of carbonyl (C=O) groups excluding carboxylic acids is 1. The van der Waals surface area contributed by atoms with Gasteiger partial charge in [-0.25, -0.2) is 0 Å². The second kappa shape index (κ2) is 5.61. The molecule has 1 aromatic carbocycles. The van der Waals surface area contributed by atoms with E-state index in [0.29, 0.717) is 23.5 Å². The van der Waals surface area contributed by atoms with Crippen LogP contribution in [0.5, 0.6) is 5.75 Å². The van der Waals surface area contributed by atoms with E-state index in [1.165, 1.54) is 0 Å². The topological polar surface area (TPSA) is 74.2 Å². The molecule has 0 aliphatic heterocycles. The Labute approximate surface area is 94.0 Å². The van der Waals surface area contributed by atoms with Crippen LogP contribution in [0.15, 0.2) is 18.2 Å². The largest absolute Gasteiger partial charge is 0.495 e. The molecule has 1 aromatic rings. The monoisotopic (exact) mass is 219 g/mol. The summed E-state index contributed by atoms with van der Waals surface area (Å²) < 4.78 is 5.14. The van der Waals surface area contributed by atoms with Crippen molar-refractivity contribution in [1.82, 2.24) is 0 Å². The smallest absolute Gasteiger partial charge is 0.211 e. The summed E-state index contributed by atoms with van der Waals surface area (Å²) in [5, 5.41) is 14.2. The molecule has 0 aromatic heterocycles. The number of nitriles is 1. The van der Waals surface area contributed by atoms with Gasteiger partial charge < -0.3 is 15.4 Å². The second-order valence-corrected chi connectivity index (χ2v) is 3.17. The molecule has 0 saturated heterocycles. The minimum absolute atomic E-state index is 0.333. The van der Waals surface area contributed by atoms with Crippen LogP contribution >= 0.6 is 0 Å². The van der Waals surface area contributed by atoms with Crippen molar-refractivity contribution in [3.05, 3.63) is 18.2 Å². The number of rotatable bonds is 5. The fraction of sp³-hybridized carbons (Fsp3) is 0.273. The molecule has 0 fully saturated rings. The first-order valence-corrected chi connectivity index (χ1v) is 4.75. The number of nitrogens with one attached hydrogen (secondary N) is 2. The average Bonchev–Trinajstić information content (AvgIpc) is 2.30. The fourth-order valence-corrected chi connectivity index (χ4v) is 1.24. The van der Waals surface area contributed by atoms with Gasteiger partial charge >= 0.3 is 0 Å². The van der Waals surface area contributed by atoms with Crippen LogP contribution < -0.4 is 15.4 Å². The number of ether oxygens (including phenoxy) is 1. The molecule has 1 atom stereocenters. The Bertz CT molecular complexity index is 412. The van der Waals surface area contributed by atoms with Crippen LogP contribution in [0.3, 0.4) is 0 Å². The highest BCUT2D eigenvalue weighted by molar-refractivity contribution is 5.75. The van der Waals surface area contributed by atoms with Crippen molar-refractivity contribution < 1.29 is 9.53 Å². The van der Waals surface area contributed by atoms with E-state index in [9.17, 15) is 4.79 Å². The number of methoxy groups -OCH3 is 1. The molecule has 84 valence electrons. The van der Waals surface area contributed by atoms with E-state index in [-0.39, 0.29) is 6.04 Å². The fourth-order valence-electron chi connectivity index (χ4n) is 1.24. The maximum absolute atomic E-state index is 10.3. The average molecular weight is 219 g/mol. The summed E-state index contributed by atoms with van der Waals surface area (Å²) in [6.45, 7) is 1.74. The summed E-state index contributed by atoms with van der Waals surface area (Å²) >= 11 is 0. The Hall–Kier alpha value is -2.22. The molecule has 0 saturated carbocycles. The van der Waals surface area contributed by atoms with Crippen LogP contribution in [0, 0.1) is 11.3 Å². The molecule has 0 heterocycles. The zero-order valence-corrected chi connectivity index (χ0v) is 9.15. The van der Waals surface area contributed by atoms with Gasteiger partial charge in [0.15, 0.2) is 0 Å². The van der Waals surface area contributed by atoms with Gasteiger partial charge in [-0.05, 0) is 25.1 Å². The molecule has 0 radical (unpaired) electrons. The third-order valence-corrected chi connectivity index (χ3v) is 1.99. The molecule has 0 aliphatic rings. The first kappa shape index (κ1) is 11.9. The Morgan fingerprint density at radius 1 is 1.56 bits per heavy atom. The molecule has 1 amide bonds. The van der Waals surface area contributed by atoms with Crippen LogP contribution in [-0.2, 0) is 4.79 Å². The maximum atomic E-state index is 10.3. The van der Waals surface area contributed by atoms with Crippen LogP contribution in [0.2, 0.25) is 0 Å². The van der Waals surface area contributed by atoms with E-state index in [0.717, 1.165) is 0 Å². The molecule has 5 nitrogen and oxygen atoms in total. The van der Waals surface area contributed by atoms with Crippen molar-refractivity contribution in [3.63, 3.8) is 0 Å². The van der Waals surface area contributed by atoms with Gasteiger partial charge in [0, 0.05) is 5.69 Å². The van der Waals surface area contributed by atoms with Gasteiger partial charge in [-0.2, -0.15) is 5.26 Å². The quantitative estimate of drug-likeness (QED) is 0.737. The van der Waals surface area contributed by atoms with E-state index in [2.05, 4.69) is 16.7 Å². The molecule has 1 unspecified atom stereocenters. The SMILES string of the molecule is COc1ccc(NC=O)cc1NC(C)C#N. The standard InChI is InChI=1S/C11H13N3O2/c1-8(6-12)14-10-5-9(13-7-15)3-4-11(10)16-2/h3-5,7-8,14H,1-2H3,(H,13,15). The Balaban J connectivity index is 2.97. The van der Waals surface area contributed by atoms with Crippen LogP contribution in [0.4, 0.5) is 11.4 Å². The predicted molar refractivity (Wildman–Crippen MR) is 61.4 cm³/mol. The number of nitrogens with zero attached hydrogens (tertiary/aromatic N) is 1. The van der Waals surface area contributed by atoms with E-state index in [1.54, 1.807) is 32.2 Å². The zero-order chi connectivity index (χ0) is 12.0. The third kappa shape index (κ3) is 2.89. The number of hydrogen-bond donors (Lipinski definition) is 2. The van der Waals surface area contributed by atoms with Crippen molar-refractivity contribution in [2.75, 3.05) is 17.7 Å². The molecular formula is C11H13N3O2. The molecule has 1 rings (SSSR count). The summed E-state index contributed by atoms with van der Waals surface area (Å²) in [4.78, 5) is 10.3. The van der Waals surface area contributed by atoms with Gasteiger partial charge in [0.25, 0.3) is 0 Å². The summed E-state index contributed by atoms with van der Waals surface area (Å²) in [6.07, 6.45) is 0.597. The minimum Gasteiger partial charge on any atom is -0.495 e. The van der Waals surface area contributed by atoms with Gasteiger partial charge in [0.1, 0.15) is 11.8 Å². The zero-order valence-electron chi connectivity index (χ0n) is 9.15. The summed E-state index contributed by atoms with van der Waals surface area (Å²) in [6, 6.07) is 6.87. The Morgan fingerprint density at radius 2 is 2.31 bits per heavy atom. The van der Waals surface area contributed by atoms with Crippen LogP contribution in [-0.4, -0.2) is 19.6 Å². The molecular weight excluding hydrogens is 206 g/mol. The second-order valence-electron chi connectivity index (χ2n) is 3.17. The molecule has 16 heavy (non-hydrogen) atoms. The first-order chi connectivity index (χ1) is 7.71. The molecule has 5 heteroatoms. The molecule has 2 N–H and O–H groups in total. The van der Waals surface area contributed by atoms with E-state index in [4.69, 9.17) is 10.00 Å². The maximum Gasteiger partial charge on any atom is 0.211 e. The number of carbonyl (C=O) groups is 1. The number of benzene rings is 1. The lowest BCUT2D eigenvalue weighted by Crippen LogP contribution is -2.13. The third-order valence-electron chi connectivity index (χ3n) is 1.99. The summed E-state index contributed by atoms with van der Waals surface area (Å²) in [5.74, 6) is 0.624. The summed E-state index contributed by atoms with van der Waals surface area (Å²) in [7, 11) is 1.55. The van der Waals surface area contributed by atoms with Gasteiger partial charge in [-0.15, -0.1) is 0 Å². The van der Waals surface area contributed by atoms with Crippen molar-refractivity contribution in [3.8, 4) is 11.8 Å². The predicted octanol–water partition coefficient (Wildman–Crippen LogP) is 1.59. The van der Waals surface area contributed by atoms with Crippen molar-refractivity contribution >= 4 is 17.8 Å². The normalized spacial score (nSPS) is 11.1. The van der Waals surface area contributed by atoms with Crippen LogP contribution in [0.1, 0.15) is 6.92 Å². The molecule has 0 bridgehead atoms. The number of hydrogen-bond acceptors (Lipinski definition) is 4. The van der Waals surface area contributed by atoms with Crippen molar-refractivity contribution in [1.29, 1.82) is 5.26 Å². The highest BCUT2D eigenvalue weighted by Gasteiger charge is 2.06. The van der Waals surface area contributed by atoms with Gasteiger partial charge in [0.2, 0.25) is 6.41 Å². The van der Waals surface area contributed by atoms with Crippen molar-refractivity contribution in [2.45, 2.75) is 13.0 Å². The Kier molecular flexibility index (Phi) is 4.16. The number of anilines is 2. The van der Waals surface area contributed by atoms with E-state index >= 15 is 0 Å². The van der Waals surface area contributed by atoms with Gasteiger partial charge in [-0.1, -0.05) is 0 Å². The van der Waals surface area contributed by atoms with Crippen molar-refractivity contribution in [2.24, 2.45) is 0 Å². The van der Waals surface area contributed by atoms with E-state index in [1.807, 2.05) is 0 Å². The highest BCUT2D eigenvalue weighted by Crippen LogP contribution is 2.28.